The van der Waals surface area contributed by atoms with Crippen LogP contribution in [0.3, 0.4) is 0 Å². The Kier molecular flexibility index (Phi) is 7.72. The number of benzene rings is 1. The lowest BCUT2D eigenvalue weighted by molar-refractivity contribution is -0.121. The molecule has 1 aliphatic rings. The molecular weight excluding hydrogens is 338 g/mol. The smallest absolute Gasteiger partial charge is 0.251 e. The Morgan fingerprint density at radius 2 is 2.00 bits per heavy atom. The van der Waals surface area contributed by atoms with Gasteiger partial charge in [-0.1, -0.05) is 18.5 Å². The minimum absolute atomic E-state index is 0.0340. The highest BCUT2D eigenvalue weighted by molar-refractivity contribution is 6.30. The first-order chi connectivity index (χ1) is 12.0. The zero-order valence-electron chi connectivity index (χ0n) is 15.1. The highest BCUT2D eigenvalue weighted by atomic mass is 35.5. The summed E-state index contributed by atoms with van der Waals surface area (Å²) in [4.78, 5) is 26.3. The molecule has 2 atom stereocenters. The molecule has 2 unspecified atom stereocenters. The highest BCUT2D eigenvalue weighted by Crippen LogP contribution is 2.17. The fourth-order valence-electron chi connectivity index (χ4n) is 3.10. The number of piperidine rings is 1. The number of carbonyl (C=O) groups excluding carboxylic acids is 2. The first kappa shape index (κ1) is 19.7. The van der Waals surface area contributed by atoms with E-state index in [1.807, 2.05) is 0 Å². The average molecular weight is 366 g/mol. The molecule has 0 radical (unpaired) electrons. The van der Waals surface area contributed by atoms with E-state index >= 15 is 0 Å². The van der Waals surface area contributed by atoms with Crippen molar-refractivity contribution in [1.82, 2.24) is 15.5 Å². The number of halogens is 1. The van der Waals surface area contributed by atoms with Crippen molar-refractivity contribution in [3.63, 3.8) is 0 Å². The number of likely N-dealkylation sites (tertiary alicyclic amines) is 1. The van der Waals surface area contributed by atoms with Crippen LogP contribution >= 0.6 is 11.6 Å². The zero-order chi connectivity index (χ0) is 18.2. The SMILES string of the molecule is CC1CCCN(C(C)CNC(=O)CCNC(=O)c2ccc(Cl)cc2)C1. The van der Waals surface area contributed by atoms with Gasteiger partial charge in [-0.3, -0.25) is 14.5 Å². The number of carbonyl (C=O) groups is 2. The number of amides is 2. The van der Waals surface area contributed by atoms with Gasteiger partial charge in [0.15, 0.2) is 0 Å². The first-order valence-electron chi connectivity index (χ1n) is 9.00. The second-order valence-electron chi connectivity index (χ2n) is 6.91. The minimum atomic E-state index is -0.194. The molecule has 2 rings (SSSR count). The molecule has 1 aromatic rings. The molecule has 138 valence electrons. The number of nitrogens with one attached hydrogen (secondary N) is 2. The third-order valence-corrected chi connectivity index (χ3v) is 4.90. The molecule has 25 heavy (non-hydrogen) atoms. The second kappa shape index (κ2) is 9.78. The molecular formula is C19H28ClN3O2. The summed E-state index contributed by atoms with van der Waals surface area (Å²) in [5.41, 5.74) is 0.539. The van der Waals surface area contributed by atoms with Crippen LogP contribution in [0.2, 0.25) is 5.02 Å². The van der Waals surface area contributed by atoms with Crippen molar-refractivity contribution in [3.05, 3.63) is 34.9 Å². The van der Waals surface area contributed by atoms with E-state index in [-0.39, 0.29) is 18.2 Å². The third kappa shape index (κ3) is 6.67. The summed E-state index contributed by atoms with van der Waals surface area (Å²) in [7, 11) is 0. The summed E-state index contributed by atoms with van der Waals surface area (Å²) in [6.45, 7) is 7.62. The lowest BCUT2D eigenvalue weighted by atomic mass is 9.99. The van der Waals surface area contributed by atoms with Crippen molar-refractivity contribution >= 4 is 23.4 Å². The lowest BCUT2D eigenvalue weighted by Gasteiger charge is -2.35. The molecule has 0 aliphatic carbocycles. The monoisotopic (exact) mass is 365 g/mol. The van der Waals surface area contributed by atoms with Crippen LogP contribution in [-0.2, 0) is 4.79 Å². The van der Waals surface area contributed by atoms with Crippen molar-refractivity contribution < 1.29 is 9.59 Å². The van der Waals surface area contributed by atoms with Crippen molar-refractivity contribution in [2.24, 2.45) is 5.92 Å². The Bertz CT molecular complexity index is 577. The van der Waals surface area contributed by atoms with Crippen molar-refractivity contribution in [2.75, 3.05) is 26.2 Å². The molecule has 0 saturated carbocycles. The summed E-state index contributed by atoms with van der Waals surface area (Å²) in [6.07, 6.45) is 2.81. The summed E-state index contributed by atoms with van der Waals surface area (Å²) >= 11 is 5.80. The Balaban J connectivity index is 1.63. The lowest BCUT2D eigenvalue weighted by Crippen LogP contribution is -2.46. The third-order valence-electron chi connectivity index (χ3n) is 4.65. The Morgan fingerprint density at radius 1 is 1.28 bits per heavy atom. The van der Waals surface area contributed by atoms with Crippen LogP contribution in [0, 0.1) is 5.92 Å². The minimum Gasteiger partial charge on any atom is -0.354 e. The number of rotatable bonds is 7. The Hall–Kier alpha value is -1.59. The highest BCUT2D eigenvalue weighted by Gasteiger charge is 2.21. The molecule has 0 aromatic heterocycles. The number of hydrogen-bond donors (Lipinski definition) is 2. The van der Waals surface area contributed by atoms with Gasteiger partial charge in [0.1, 0.15) is 0 Å². The summed E-state index contributed by atoms with van der Waals surface area (Å²) in [5, 5.41) is 6.31. The molecule has 5 nitrogen and oxygen atoms in total. The predicted molar refractivity (Wildman–Crippen MR) is 101 cm³/mol. The Labute approximate surface area is 155 Å². The van der Waals surface area contributed by atoms with Gasteiger partial charge in [-0.05, 0) is 56.5 Å². The van der Waals surface area contributed by atoms with Crippen LogP contribution in [0.4, 0.5) is 0 Å². The second-order valence-corrected chi connectivity index (χ2v) is 7.34. The van der Waals surface area contributed by atoms with E-state index in [0.29, 0.717) is 29.7 Å². The van der Waals surface area contributed by atoms with Gasteiger partial charge in [-0.2, -0.15) is 0 Å². The molecule has 1 saturated heterocycles. The zero-order valence-corrected chi connectivity index (χ0v) is 15.8. The molecule has 1 heterocycles. The molecule has 1 fully saturated rings. The molecule has 1 aromatic carbocycles. The number of hydrogen-bond acceptors (Lipinski definition) is 3. The molecule has 1 aliphatic heterocycles. The fraction of sp³-hybridized carbons (Fsp3) is 0.579. The van der Waals surface area contributed by atoms with Crippen LogP contribution in [0.15, 0.2) is 24.3 Å². The van der Waals surface area contributed by atoms with Crippen LogP contribution < -0.4 is 10.6 Å². The van der Waals surface area contributed by atoms with E-state index in [1.54, 1.807) is 24.3 Å². The van der Waals surface area contributed by atoms with E-state index in [0.717, 1.165) is 19.0 Å². The van der Waals surface area contributed by atoms with Crippen molar-refractivity contribution in [1.29, 1.82) is 0 Å². The maximum atomic E-state index is 12.0. The van der Waals surface area contributed by atoms with E-state index in [2.05, 4.69) is 29.4 Å². The van der Waals surface area contributed by atoms with Gasteiger partial charge in [0.25, 0.3) is 5.91 Å². The topological polar surface area (TPSA) is 61.4 Å². The van der Waals surface area contributed by atoms with Crippen LogP contribution in [0.5, 0.6) is 0 Å². The molecule has 6 heteroatoms. The van der Waals surface area contributed by atoms with Gasteiger partial charge >= 0.3 is 0 Å². The van der Waals surface area contributed by atoms with Crippen LogP contribution in [0.1, 0.15) is 43.5 Å². The normalized spacial score (nSPS) is 19.2. The molecule has 0 spiro atoms. The van der Waals surface area contributed by atoms with Gasteiger partial charge in [0, 0.05) is 42.7 Å². The van der Waals surface area contributed by atoms with E-state index < -0.39 is 0 Å². The molecule has 2 amide bonds. The summed E-state index contributed by atoms with van der Waals surface area (Å²) < 4.78 is 0. The molecule has 0 bridgehead atoms. The van der Waals surface area contributed by atoms with E-state index in [1.165, 1.54) is 12.8 Å². The molecule has 2 N–H and O–H groups in total. The maximum absolute atomic E-state index is 12.0. The van der Waals surface area contributed by atoms with Gasteiger partial charge in [0.05, 0.1) is 0 Å². The average Bonchev–Trinajstić information content (AvgIpc) is 2.60. The van der Waals surface area contributed by atoms with Gasteiger partial charge < -0.3 is 10.6 Å². The summed E-state index contributed by atoms with van der Waals surface area (Å²) in [5.74, 6) is 0.503. The van der Waals surface area contributed by atoms with Crippen LogP contribution in [0.25, 0.3) is 0 Å². The predicted octanol–water partition coefficient (Wildman–Crippen LogP) is 2.70. The van der Waals surface area contributed by atoms with Crippen molar-refractivity contribution in [2.45, 2.75) is 39.2 Å². The maximum Gasteiger partial charge on any atom is 0.251 e. The summed E-state index contributed by atoms with van der Waals surface area (Å²) in [6, 6.07) is 7.02. The van der Waals surface area contributed by atoms with Crippen molar-refractivity contribution in [3.8, 4) is 0 Å². The number of nitrogens with zero attached hydrogens (tertiary/aromatic N) is 1. The van der Waals surface area contributed by atoms with E-state index in [9.17, 15) is 9.59 Å². The van der Waals surface area contributed by atoms with Gasteiger partial charge in [0.2, 0.25) is 5.91 Å². The van der Waals surface area contributed by atoms with Gasteiger partial charge in [-0.25, -0.2) is 0 Å². The van der Waals surface area contributed by atoms with Crippen LogP contribution in [-0.4, -0.2) is 48.9 Å². The van der Waals surface area contributed by atoms with E-state index in [4.69, 9.17) is 11.6 Å². The quantitative estimate of drug-likeness (QED) is 0.781. The Morgan fingerprint density at radius 3 is 2.68 bits per heavy atom. The fourth-order valence-corrected chi connectivity index (χ4v) is 3.22. The standard InChI is InChI=1S/C19H28ClN3O2/c1-14-4-3-11-23(13-14)15(2)12-22-18(24)9-10-21-19(25)16-5-7-17(20)8-6-16/h5-8,14-15H,3-4,9-13H2,1-2H3,(H,21,25)(H,22,24). The first-order valence-corrected chi connectivity index (χ1v) is 9.38. The van der Waals surface area contributed by atoms with Gasteiger partial charge in [-0.15, -0.1) is 0 Å². The largest absolute Gasteiger partial charge is 0.354 e.